The molecule has 2 aliphatic heterocycles. The fourth-order valence-electron chi connectivity index (χ4n) is 3.38. The van der Waals surface area contributed by atoms with Crippen molar-refractivity contribution in [2.45, 2.75) is 24.8 Å². The summed E-state index contributed by atoms with van der Waals surface area (Å²) in [7, 11) is 0. The summed E-state index contributed by atoms with van der Waals surface area (Å²) < 4.78 is 5.27. The van der Waals surface area contributed by atoms with E-state index in [1.165, 1.54) is 4.90 Å². The second-order valence-electron chi connectivity index (χ2n) is 6.39. The molecule has 132 valence electrons. The monoisotopic (exact) mass is 344 g/mol. The number of carboxylic acid groups (broad SMARTS) is 1. The molecule has 0 bridgehead atoms. The lowest BCUT2D eigenvalue weighted by Crippen LogP contribution is -2.55. The van der Waals surface area contributed by atoms with Gasteiger partial charge in [-0.05, 0) is 18.9 Å². The van der Waals surface area contributed by atoms with E-state index in [9.17, 15) is 14.4 Å². The van der Waals surface area contributed by atoms with Gasteiger partial charge in [-0.15, -0.1) is 0 Å². The van der Waals surface area contributed by atoms with Gasteiger partial charge in [-0.25, -0.2) is 0 Å². The molecule has 1 fully saturated rings. The van der Waals surface area contributed by atoms with Crippen LogP contribution in [0.5, 0.6) is 0 Å². The molecule has 2 heterocycles. The van der Waals surface area contributed by atoms with E-state index in [-0.39, 0.29) is 18.9 Å². The van der Waals surface area contributed by atoms with Gasteiger partial charge in [-0.3, -0.25) is 19.3 Å². The topological polar surface area (TPSA) is 95.9 Å². The fraction of sp³-hybridized carbons (Fsp3) is 0.389. The van der Waals surface area contributed by atoms with Crippen molar-refractivity contribution in [1.82, 2.24) is 10.2 Å². The highest BCUT2D eigenvalue weighted by Gasteiger charge is 2.38. The number of rotatable bonds is 5. The zero-order valence-electron chi connectivity index (χ0n) is 13.8. The summed E-state index contributed by atoms with van der Waals surface area (Å²) in [5.41, 5.74) is 0.881. The Labute approximate surface area is 145 Å². The Bertz CT molecular complexity index is 702. The standard InChI is InChI=1S/C18H20N2O5/c1-12-13-4-2-3-5-14(13)17(24)20(12)11-15(21)19-18(10-16(22)23)6-8-25-9-7-18/h2-5H,1,6-11H2,(H,19,21)(H,22,23). The summed E-state index contributed by atoms with van der Waals surface area (Å²) in [4.78, 5) is 37.5. The number of fused-ring (bicyclic) bond motifs is 1. The number of amides is 2. The van der Waals surface area contributed by atoms with Crippen LogP contribution in [0.3, 0.4) is 0 Å². The van der Waals surface area contributed by atoms with Gasteiger partial charge in [0.2, 0.25) is 5.91 Å². The van der Waals surface area contributed by atoms with Crippen LogP contribution in [0.15, 0.2) is 30.8 Å². The first kappa shape index (κ1) is 17.2. The minimum atomic E-state index is -0.976. The van der Waals surface area contributed by atoms with Crippen LogP contribution in [-0.4, -0.2) is 53.1 Å². The number of hydrogen-bond acceptors (Lipinski definition) is 4. The van der Waals surface area contributed by atoms with Crippen LogP contribution in [-0.2, 0) is 14.3 Å². The van der Waals surface area contributed by atoms with Crippen molar-refractivity contribution in [2.75, 3.05) is 19.8 Å². The van der Waals surface area contributed by atoms with Crippen LogP contribution in [0.25, 0.3) is 5.70 Å². The number of aliphatic carboxylic acids is 1. The molecule has 2 amide bonds. The summed E-state index contributed by atoms with van der Waals surface area (Å²) >= 11 is 0. The Balaban J connectivity index is 1.71. The molecule has 0 spiro atoms. The van der Waals surface area contributed by atoms with Gasteiger partial charge in [-0.1, -0.05) is 24.8 Å². The third-order valence-corrected chi connectivity index (χ3v) is 4.69. The molecule has 1 aromatic carbocycles. The highest BCUT2D eigenvalue weighted by molar-refractivity contribution is 6.10. The number of carbonyl (C=O) groups is 3. The normalized spacial score (nSPS) is 18.8. The predicted molar refractivity (Wildman–Crippen MR) is 89.7 cm³/mol. The predicted octanol–water partition coefficient (Wildman–Crippen LogP) is 1.25. The molecule has 25 heavy (non-hydrogen) atoms. The Morgan fingerprint density at radius 1 is 1.24 bits per heavy atom. The van der Waals surface area contributed by atoms with Gasteiger partial charge in [0.25, 0.3) is 5.91 Å². The zero-order chi connectivity index (χ0) is 18.0. The third-order valence-electron chi connectivity index (χ3n) is 4.69. The van der Waals surface area contributed by atoms with Gasteiger partial charge in [0.15, 0.2) is 0 Å². The average molecular weight is 344 g/mol. The molecule has 7 heteroatoms. The maximum absolute atomic E-state index is 12.5. The van der Waals surface area contributed by atoms with E-state index in [4.69, 9.17) is 9.84 Å². The SMILES string of the molecule is C=C1c2ccccc2C(=O)N1CC(=O)NC1(CC(=O)O)CCOCC1. The number of carbonyl (C=O) groups excluding carboxylic acids is 2. The third kappa shape index (κ3) is 3.41. The fourth-order valence-corrected chi connectivity index (χ4v) is 3.38. The Morgan fingerprint density at radius 2 is 1.88 bits per heavy atom. The molecule has 1 saturated heterocycles. The summed E-state index contributed by atoms with van der Waals surface area (Å²) in [5.74, 6) is -1.64. The highest BCUT2D eigenvalue weighted by Crippen LogP contribution is 2.31. The second-order valence-corrected chi connectivity index (χ2v) is 6.39. The lowest BCUT2D eigenvalue weighted by Gasteiger charge is -2.37. The summed E-state index contributed by atoms with van der Waals surface area (Å²) in [6.07, 6.45) is 0.692. The number of nitrogens with one attached hydrogen (secondary N) is 1. The van der Waals surface area contributed by atoms with E-state index >= 15 is 0 Å². The number of ether oxygens (including phenoxy) is 1. The molecule has 1 aromatic rings. The van der Waals surface area contributed by atoms with Gasteiger partial charge < -0.3 is 15.2 Å². The molecule has 0 saturated carbocycles. The number of nitrogens with zero attached hydrogens (tertiary/aromatic N) is 1. The van der Waals surface area contributed by atoms with E-state index in [1.54, 1.807) is 18.2 Å². The zero-order valence-corrected chi connectivity index (χ0v) is 13.8. The molecule has 2 aliphatic rings. The van der Waals surface area contributed by atoms with Gasteiger partial charge in [-0.2, -0.15) is 0 Å². The van der Waals surface area contributed by atoms with Gasteiger partial charge in [0.1, 0.15) is 6.54 Å². The summed E-state index contributed by atoms with van der Waals surface area (Å²) in [6.45, 7) is 4.51. The van der Waals surface area contributed by atoms with Gasteiger partial charge in [0, 0.05) is 30.0 Å². The molecular weight excluding hydrogens is 324 g/mol. The van der Waals surface area contributed by atoms with E-state index in [0.29, 0.717) is 42.9 Å². The van der Waals surface area contributed by atoms with Crippen molar-refractivity contribution in [2.24, 2.45) is 0 Å². The molecule has 0 atom stereocenters. The van der Waals surface area contributed by atoms with Crippen molar-refractivity contribution < 1.29 is 24.2 Å². The highest BCUT2D eigenvalue weighted by atomic mass is 16.5. The van der Waals surface area contributed by atoms with Crippen LogP contribution in [0.2, 0.25) is 0 Å². The molecule has 0 aliphatic carbocycles. The Morgan fingerprint density at radius 3 is 2.48 bits per heavy atom. The molecule has 0 unspecified atom stereocenters. The number of benzene rings is 1. The minimum absolute atomic E-state index is 0.169. The largest absolute Gasteiger partial charge is 0.481 e. The molecule has 7 nitrogen and oxygen atoms in total. The second kappa shape index (κ2) is 6.68. The van der Waals surface area contributed by atoms with E-state index < -0.39 is 17.4 Å². The van der Waals surface area contributed by atoms with Crippen LogP contribution < -0.4 is 5.32 Å². The minimum Gasteiger partial charge on any atom is -0.481 e. The van der Waals surface area contributed by atoms with Gasteiger partial charge in [0.05, 0.1) is 12.0 Å². The summed E-state index contributed by atoms with van der Waals surface area (Å²) in [6, 6.07) is 7.06. The lowest BCUT2D eigenvalue weighted by atomic mass is 9.86. The molecule has 0 aromatic heterocycles. The first-order valence-corrected chi connectivity index (χ1v) is 8.13. The van der Waals surface area contributed by atoms with Crippen molar-refractivity contribution in [3.8, 4) is 0 Å². The first-order valence-electron chi connectivity index (χ1n) is 8.13. The van der Waals surface area contributed by atoms with E-state index in [1.807, 2.05) is 6.07 Å². The Kier molecular flexibility index (Phi) is 4.59. The average Bonchev–Trinajstić information content (AvgIpc) is 2.80. The quantitative estimate of drug-likeness (QED) is 0.838. The van der Waals surface area contributed by atoms with Crippen molar-refractivity contribution >= 4 is 23.5 Å². The first-order chi connectivity index (χ1) is 11.9. The van der Waals surface area contributed by atoms with E-state index in [0.717, 1.165) is 0 Å². The van der Waals surface area contributed by atoms with Gasteiger partial charge >= 0.3 is 5.97 Å². The maximum atomic E-state index is 12.5. The maximum Gasteiger partial charge on any atom is 0.305 e. The molecular formula is C18H20N2O5. The Hall–Kier alpha value is -2.67. The van der Waals surface area contributed by atoms with Crippen molar-refractivity contribution in [3.63, 3.8) is 0 Å². The summed E-state index contributed by atoms with van der Waals surface area (Å²) in [5, 5.41) is 12.0. The van der Waals surface area contributed by atoms with Crippen molar-refractivity contribution in [1.29, 1.82) is 0 Å². The number of hydrogen-bond donors (Lipinski definition) is 2. The molecule has 0 radical (unpaired) electrons. The van der Waals surface area contributed by atoms with Crippen LogP contribution in [0.4, 0.5) is 0 Å². The smallest absolute Gasteiger partial charge is 0.305 e. The molecule has 3 rings (SSSR count). The van der Waals surface area contributed by atoms with Crippen molar-refractivity contribution in [3.05, 3.63) is 42.0 Å². The number of carboxylic acids is 1. The van der Waals surface area contributed by atoms with E-state index in [2.05, 4.69) is 11.9 Å². The van der Waals surface area contributed by atoms with Crippen LogP contribution >= 0.6 is 0 Å². The van der Waals surface area contributed by atoms with Crippen LogP contribution in [0.1, 0.15) is 35.2 Å². The lowest BCUT2D eigenvalue weighted by molar-refractivity contribution is -0.140. The molecule has 2 N–H and O–H groups in total. The van der Waals surface area contributed by atoms with Crippen LogP contribution in [0, 0.1) is 0 Å².